The predicted octanol–water partition coefficient (Wildman–Crippen LogP) is 2.65. The van der Waals surface area contributed by atoms with Gasteiger partial charge >= 0.3 is 6.03 Å². The maximum atomic E-state index is 13.6. The molecule has 1 N–H and O–H groups in total. The van der Waals surface area contributed by atoms with Crippen LogP contribution in [0, 0.1) is 30.1 Å². The van der Waals surface area contributed by atoms with E-state index in [1.165, 1.54) is 19.3 Å². The molecule has 1 aromatic rings. The number of carbonyl (C=O) groups is 4. The van der Waals surface area contributed by atoms with Crippen molar-refractivity contribution in [3.63, 3.8) is 0 Å². The Hall–Kier alpha value is -2.90. The number of nitrogens with one attached hydrogen (secondary N) is 1. The highest BCUT2D eigenvalue weighted by atomic mass is 16.2. The number of amides is 5. The average Bonchev–Trinajstić information content (AvgIpc) is 3.07. The number of hydrogen-bond acceptors (Lipinski definition) is 4. The molecule has 8 heteroatoms. The van der Waals surface area contributed by atoms with E-state index in [4.69, 9.17) is 0 Å². The van der Waals surface area contributed by atoms with Gasteiger partial charge in [-0.25, -0.2) is 4.79 Å². The van der Waals surface area contributed by atoms with Crippen LogP contribution in [0.1, 0.15) is 56.6 Å². The molecule has 0 radical (unpaired) electrons. The van der Waals surface area contributed by atoms with Crippen LogP contribution in [-0.4, -0.2) is 71.2 Å². The zero-order valence-corrected chi connectivity index (χ0v) is 21.3. The maximum Gasteiger partial charge on any atom is 0.325 e. The number of imide groups is 1. The van der Waals surface area contributed by atoms with Crippen LogP contribution in [0.5, 0.6) is 0 Å². The molecule has 6 fully saturated rings. The Labute approximate surface area is 212 Å². The Balaban J connectivity index is 1.07. The van der Waals surface area contributed by atoms with Crippen LogP contribution in [0.4, 0.5) is 4.79 Å². The van der Waals surface area contributed by atoms with Gasteiger partial charge in [0.05, 0.1) is 5.41 Å². The van der Waals surface area contributed by atoms with Crippen molar-refractivity contribution >= 4 is 23.8 Å². The zero-order chi connectivity index (χ0) is 25.2. The van der Waals surface area contributed by atoms with Crippen LogP contribution in [0.3, 0.4) is 0 Å². The summed E-state index contributed by atoms with van der Waals surface area (Å²) in [5.41, 5.74) is 0.403. The van der Waals surface area contributed by atoms with Crippen LogP contribution < -0.4 is 5.32 Å². The van der Waals surface area contributed by atoms with Crippen LogP contribution in [0.25, 0.3) is 0 Å². The lowest BCUT2D eigenvalue weighted by atomic mass is 9.49. The zero-order valence-electron chi connectivity index (χ0n) is 21.3. The summed E-state index contributed by atoms with van der Waals surface area (Å²) in [5.74, 6) is 1.79. The van der Waals surface area contributed by atoms with Crippen molar-refractivity contribution in [2.75, 3.05) is 32.7 Å². The molecule has 36 heavy (non-hydrogen) atoms. The summed E-state index contributed by atoms with van der Waals surface area (Å²) < 4.78 is 0. The second kappa shape index (κ2) is 8.32. The van der Waals surface area contributed by atoms with Crippen molar-refractivity contribution in [3.05, 3.63) is 35.4 Å². The van der Waals surface area contributed by atoms with Crippen molar-refractivity contribution < 1.29 is 19.2 Å². The molecule has 8 nitrogen and oxygen atoms in total. The third kappa shape index (κ3) is 3.71. The Morgan fingerprint density at radius 2 is 1.42 bits per heavy atom. The fourth-order valence-corrected chi connectivity index (χ4v) is 8.03. The standard InChI is InChI=1S/C28H36N4O4/c1-18-3-5-22(6-4-18)27(2)24(34)32(26(36)29-27)17-23(33)30-7-9-31(10-8-30)25(35)28-14-19-11-20(15-28)13-21(12-19)16-28/h3-6,19-21H,7-17H2,1-2H3,(H,29,36). The third-order valence-corrected chi connectivity index (χ3v) is 9.61. The number of rotatable bonds is 4. The molecule has 192 valence electrons. The van der Waals surface area contributed by atoms with E-state index in [-0.39, 0.29) is 17.9 Å². The quantitative estimate of drug-likeness (QED) is 0.655. The predicted molar refractivity (Wildman–Crippen MR) is 133 cm³/mol. The Morgan fingerprint density at radius 3 is 1.97 bits per heavy atom. The van der Waals surface area contributed by atoms with E-state index in [2.05, 4.69) is 5.32 Å². The number of piperazine rings is 1. The molecular weight excluding hydrogens is 456 g/mol. The lowest BCUT2D eigenvalue weighted by Gasteiger charge is -2.57. The van der Waals surface area contributed by atoms with E-state index in [0.29, 0.717) is 37.6 Å². The van der Waals surface area contributed by atoms with Crippen molar-refractivity contribution in [1.29, 1.82) is 0 Å². The number of hydrogen-bond donors (Lipinski definition) is 1. The minimum absolute atomic E-state index is 0.165. The first-order valence-corrected chi connectivity index (χ1v) is 13.5. The molecular formula is C28H36N4O4. The van der Waals surface area contributed by atoms with Crippen molar-refractivity contribution in [1.82, 2.24) is 20.0 Å². The van der Waals surface area contributed by atoms with E-state index < -0.39 is 17.5 Å². The molecule has 1 unspecified atom stereocenters. The van der Waals surface area contributed by atoms with Gasteiger partial charge in [0, 0.05) is 26.2 Å². The van der Waals surface area contributed by atoms with E-state index >= 15 is 0 Å². The van der Waals surface area contributed by atoms with Gasteiger partial charge in [-0.1, -0.05) is 29.8 Å². The topological polar surface area (TPSA) is 90.0 Å². The maximum absolute atomic E-state index is 13.6. The molecule has 1 atom stereocenters. The fraction of sp³-hybridized carbons (Fsp3) is 0.643. The molecule has 4 aliphatic carbocycles. The normalized spacial score (nSPS) is 35.4. The van der Waals surface area contributed by atoms with Gasteiger partial charge in [0.15, 0.2) is 0 Å². The molecule has 1 aromatic carbocycles. The van der Waals surface area contributed by atoms with Gasteiger partial charge in [0.2, 0.25) is 11.8 Å². The molecule has 0 spiro atoms. The molecule has 5 amide bonds. The molecule has 2 aliphatic heterocycles. The van der Waals surface area contributed by atoms with Crippen molar-refractivity contribution in [2.45, 2.75) is 57.9 Å². The number of carbonyl (C=O) groups excluding carboxylic acids is 4. The second-order valence-corrected chi connectivity index (χ2v) is 12.2. The average molecular weight is 493 g/mol. The van der Waals surface area contributed by atoms with Gasteiger partial charge in [-0.15, -0.1) is 0 Å². The molecule has 7 rings (SSSR count). The van der Waals surface area contributed by atoms with Crippen LogP contribution in [-0.2, 0) is 19.9 Å². The summed E-state index contributed by atoms with van der Waals surface area (Å²) in [4.78, 5) is 57.3. The van der Waals surface area contributed by atoms with Gasteiger partial charge in [-0.2, -0.15) is 0 Å². The lowest BCUT2D eigenvalue weighted by molar-refractivity contribution is -0.160. The number of nitrogens with zero attached hydrogens (tertiary/aromatic N) is 3. The molecule has 4 bridgehead atoms. The van der Waals surface area contributed by atoms with Gasteiger partial charge in [-0.3, -0.25) is 19.3 Å². The van der Waals surface area contributed by atoms with Gasteiger partial charge in [0.25, 0.3) is 5.91 Å². The molecule has 0 aromatic heterocycles. The van der Waals surface area contributed by atoms with Gasteiger partial charge < -0.3 is 15.1 Å². The highest BCUT2D eigenvalue weighted by Crippen LogP contribution is 2.60. The first-order chi connectivity index (χ1) is 17.2. The highest BCUT2D eigenvalue weighted by Gasteiger charge is 2.56. The van der Waals surface area contributed by atoms with Gasteiger partial charge in [0.1, 0.15) is 12.1 Å². The molecule has 2 saturated heterocycles. The SMILES string of the molecule is Cc1ccc(C2(C)NC(=O)N(CC(=O)N3CCN(C(=O)C45CC6CC(CC(C6)C4)C5)CC3)C2=O)cc1. The summed E-state index contributed by atoms with van der Waals surface area (Å²) in [7, 11) is 0. The minimum atomic E-state index is -1.19. The molecule has 2 heterocycles. The van der Waals surface area contributed by atoms with Crippen molar-refractivity contribution in [3.8, 4) is 0 Å². The summed E-state index contributed by atoms with van der Waals surface area (Å²) >= 11 is 0. The van der Waals surface area contributed by atoms with E-state index in [1.54, 1.807) is 11.8 Å². The molecule has 6 aliphatic rings. The van der Waals surface area contributed by atoms with Crippen LogP contribution in [0.15, 0.2) is 24.3 Å². The van der Waals surface area contributed by atoms with E-state index in [0.717, 1.165) is 47.5 Å². The summed E-state index contributed by atoms with van der Waals surface area (Å²) in [6.07, 6.45) is 7.05. The van der Waals surface area contributed by atoms with Gasteiger partial charge in [-0.05, 0) is 75.7 Å². The smallest absolute Gasteiger partial charge is 0.325 e. The lowest BCUT2D eigenvalue weighted by Crippen LogP contribution is -2.59. The Bertz CT molecular complexity index is 1070. The number of urea groups is 1. The number of aryl methyl sites for hydroxylation is 1. The summed E-state index contributed by atoms with van der Waals surface area (Å²) in [6, 6.07) is 6.92. The van der Waals surface area contributed by atoms with Crippen LogP contribution in [0.2, 0.25) is 0 Å². The Morgan fingerprint density at radius 1 is 0.889 bits per heavy atom. The largest absolute Gasteiger partial charge is 0.339 e. The Kier molecular flexibility index (Phi) is 5.43. The molecule has 4 saturated carbocycles. The minimum Gasteiger partial charge on any atom is -0.339 e. The fourth-order valence-electron chi connectivity index (χ4n) is 8.03. The van der Waals surface area contributed by atoms with E-state index in [9.17, 15) is 19.2 Å². The highest BCUT2D eigenvalue weighted by molar-refractivity contribution is 6.09. The monoisotopic (exact) mass is 492 g/mol. The second-order valence-electron chi connectivity index (χ2n) is 12.2. The summed E-state index contributed by atoms with van der Waals surface area (Å²) in [5, 5.41) is 2.77. The van der Waals surface area contributed by atoms with Crippen molar-refractivity contribution in [2.24, 2.45) is 23.2 Å². The first-order valence-electron chi connectivity index (χ1n) is 13.5. The van der Waals surface area contributed by atoms with E-state index in [1.807, 2.05) is 36.1 Å². The first kappa shape index (κ1) is 23.5. The third-order valence-electron chi connectivity index (χ3n) is 9.61. The number of benzene rings is 1. The van der Waals surface area contributed by atoms with Crippen LogP contribution >= 0.6 is 0 Å². The summed E-state index contributed by atoms with van der Waals surface area (Å²) in [6.45, 7) is 5.28.